The van der Waals surface area contributed by atoms with Gasteiger partial charge in [0.15, 0.2) is 17.5 Å². The third-order valence-corrected chi connectivity index (χ3v) is 5.12. The summed E-state index contributed by atoms with van der Waals surface area (Å²) in [5.41, 5.74) is 1.01. The van der Waals surface area contributed by atoms with E-state index in [2.05, 4.69) is 40.1 Å². The highest BCUT2D eigenvalue weighted by molar-refractivity contribution is 7.10. The Bertz CT molecular complexity index is 692. The molecule has 1 unspecified atom stereocenters. The van der Waals surface area contributed by atoms with Crippen LogP contribution in [-0.2, 0) is 6.54 Å². The van der Waals surface area contributed by atoms with Crippen LogP contribution in [0.2, 0.25) is 0 Å². The van der Waals surface area contributed by atoms with Gasteiger partial charge in [-0.2, -0.15) is 0 Å². The first-order chi connectivity index (χ1) is 12.6. The molecule has 6 nitrogen and oxygen atoms in total. The van der Waals surface area contributed by atoms with E-state index in [1.165, 1.54) is 4.88 Å². The summed E-state index contributed by atoms with van der Waals surface area (Å²) in [6.45, 7) is 3.60. The Hall–Kier alpha value is -2.41. The fourth-order valence-corrected chi connectivity index (χ4v) is 3.35. The van der Waals surface area contributed by atoms with Crippen molar-refractivity contribution >= 4 is 17.3 Å². The largest absolute Gasteiger partial charge is 0.493 e. The van der Waals surface area contributed by atoms with Gasteiger partial charge in [0.1, 0.15) is 0 Å². The van der Waals surface area contributed by atoms with E-state index in [4.69, 9.17) is 14.2 Å². The number of ether oxygens (including phenoxy) is 3. The topological polar surface area (TPSA) is 64.1 Å². The van der Waals surface area contributed by atoms with Gasteiger partial charge in [0, 0.05) is 30.9 Å². The first-order valence-electron chi connectivity index (χ1n) is 8.39. The van der Waals surface area contributed by atoms with Gasteiger partial charge < -0.3 is 24.8 Å². The van der Waals surface area contributed by atoms with Crippen LogP contribution in [0, 0.1) is 0 Å². The average molecular weight is 378 g/mol. The third-order valence-electron chi connectivity index (χ3n) is 4.01. The summed E-state index contributed by atoms with van der Waals surface area (Å²) in [5.74, 6) is 3.04. The van der Waals surface area contributed by atoms with E-state index in [-0.39, 0.29) is 0 Å². The predicted molar refractivity (Wildman–Crippen MR) is 107 cm³/mol. The zero-order valence-corrected chi connectivity index (χ0v) is 16.8. The highest BCUT2D eigenvalue weighted by atomic mass is 32.1. The molecule has 0 bridgehead atoms. The first kappa shape index (κ1) is 19.9. The van der Waals surface area contributed by atoms with Crippen molar-refractivity contribution in [2.24, 2.45) is 4.99 Å². The molecule has 2 rings (SSSR count). The number of thiophene rings is 1. The molecule has 0 spiro atoms. The molecular formula is C19H27N3O3S. The fraction of sp³-hybridized carbons (Fsp3) is 0.421. The molecule has 2 aromatic rings. The summed E-state index contributed by atoms with van der Waals surface area (Å²) >= 11 is 1.77. The molecule has 0 aliphatic rings. The Morgan fingerprint density at radius 1 is 1.12 bits per heavy atom. The lowest BCUT2D eigenvalue weighted by molar-refractivity contribution is 0.323. The second-order valence-electron chi connectivity index (χ2n) is 5.76. The Kier molecular flexibility index (Phi) is 7.59. The van der Waals surface area contributed by atoms with Crippen molar-refractivity contribution in [1.29, 1.82) is 0 Å². The number of guanidine groups is 1. The normalized spacial score (nSPS) is 12.4. The van der Waals surface area contributed by atoms with Crippen LogP contribution in [0.3, 0.4) is 0 Å². The summed E-state index contributed by atoms with van der Waals surface area (Å²) in [4.78, 5) is 5.64. The van der Waals surface area contributed by atoms with Gasteiger partial charge in [-0.1, -0.05) is 13.0 Å². The molecule has 26 heavy (non-hydrogen) atoms. The van der Waals surface area contributed by atoms with Gasteiger partial charge in [-0.05, 0) is 29.1 Å². The van der Waals surface area contributed by atoms with Gasteiger partial charge in [0.25, 0.3) is 0 Å². The standard InChI is InChI=1S/C19H27N3O3S/c1-13(17-7-6-8-26-17)11-21-19(20-2)22-12-14-9-15(23-3)18(25-5)16(10-14)24-4/h6-10,13H,11-12H2,1-5H3,(H2,20,21,22). The van der Waals surface area contributed by atoms with Crippen molar-refractivity contribution in [3.05, 3.63) is 40.1 Å². The van der Waals surface area contributed by atoms with Crippen LogP contribution in [0.25, 0.3) is 0 Å². The van der Waals surface area contributed by atoms with Crippen molar-refractivity contribution in [2.45, 2.75) is 19.4 Å². The summed E-state index contributed by atoms with van der Waals surface area (Å²) in [6.07, 6.45) is 0. The molecule has 0 amide bonds. The maximum absolute atomic E-state index is 5.40. The van der Waals surface area contributed by atoms with Crippen LogP contribution < -0.4 is 24.8 Å². The van der Waals surface area contributed by atoms with Crippen LogP contribution in [0.4, 0.5) is 0 Å². The Morgan fingerprint density at radius 3 is 2.31 bits per heavy atom. The second-order valence-corrected chi connectivity index (χ2v) is 6.74. The van der Waals surface area contributed by atoms with Crippen LogP contribution in [-0.4, -0.2) is 40.9 Å². The molecule has 2 N–H and O–H groups in total. The van der Waals surface area contributed by atoms with Crippen LogP contribution in [0.1, 0.15) is 23.3 Å². The molecular weight excluding hydrogens is 350 g/mol. The minimum atomic E-state index is 0.426. The number of benzene rings is 1. The monoisotopic (exact) mass is 377 g/mol. The number of hydrogen-bond acceptors (Lipinski definition) is 5. The molecule has 0 fully saturated rings. The van der Waals surface area contributed by atoms with Gasteiger partial charge >= 0.3 is 0 Å². The molecule has 7 heteroatoms. The number of nitrogens with zero attached hydrogens (tertiary/aromatic N) is 1. The zero-order valence-electron chi connectivity index (χ0n) is 16.0. The zero-order chi connectivity index (χ0) is 18.9. The number of methoxy groups -OCH3 is 3. The minimum Gasteiger partial charge on any atom is -0.493 e. The van der Waals surface area contributed by atoms with Gasteiger partial charge in [0.2, 0.25) is 5.75 Å². The van der Waals surface area contributed by atoms with E-state index >= 15 is 0 Å². The van der Waals surface area contributed by atoms with Crippen molar-refractivity contribution in [3.8, 4) is 17.2 Å². The fourth-order valence-electron chi connectivity index (χ4n) is 2.57. The highest BCUT2D eigenvalue weighted by Crippen LogP contribution is 2.38. The van der Waals surface area contributed by atoms with Crippen molar-refractivity contribution in [2.75, 3.05) is 34.9 Å². The van der Waals surface area contributed by atoms with Crippen LogP contribution in [0.15, 0.2) is 34.6 Å². The summed E-state index contributed by atoms with van der Waals surface area (Å²) < 4.78 is 16.1. The summed E-state index contributed by atoms with van der Waals surface area (Å²) in [6, 6.07) is 8.09. The average Bonchev–Trinajstić information content (AvgIpc) is 3.21. The Labute approximate surface area is 159 Å². The van der Waals surface area contributed by atoms with E-state index in [0.717, 1.165) is 18.1 Å². The molecule has 0 saturated heterocycles. The van der Waals surface area contributed by atoms with Crippen molar-refractivity contribution in [3.63, 3.8) is 0 Å². The van der Waals surface area contributed by atoms with E-state index in [9.17, 15) is 0 Å². The second kappa shape index (κ2) is 9.91. The van der Waals surface area contributed by atoms with Gasteiger partial charge in [-0.3, -0.25) is 4.99 Å². The quantitative estimate of drug-likeness (QED) is 0.546. The highest BCUT2D eigenvalue weighted by Gasteiger charge is 2.13. The maximum Gasteiger partial charge on any atom is 0.203 e. The van der Waals surface area contributed by atoms with E-state index in [1.54, 1.807) is 39.7 Å². The molecule has 0 aliphatic heterocycles. The van der Waals surface area contributed by atoms with Crippen molar-refractivity contribution < 1.29 is 14.2 Å². The number of nitrogens with one attached hydrogen (secondary N) is 2. The smallest absolute Gasteiger partial charge is 0.203 e. The summed E-state index contributed by atoms with van der Waals surface area (Å²) in [7, 11) is 6.58. The number of aliphatic imine (C=N–C) groups is 1. The van der Waals surface area contributed by atoms with Gasteiger partial charge in [-0.25, -0.2) is 0 Å². The Balaban J connectivity index is 1.97. The van der Waals surface area contributed by atoms with Crippen LogP contribution >= 0.6 is 11.3 Å². The molecule has 0 saturated carbocycles. The van der Waals surface area contributed by atoms with E-state index in [0.29, 0.717) is 29.7 Å². The molecule has 142 valence electrons. The molecule has 1 heterocycles. The lowest BCUT2D eigenvalue weighted by Crippen LogP contribution is -2.38. The van der Waals surface area contributed by atoms with E-state index in [1.807, 2.05) is 12.1 Å². The maximum atomic E-state index is 5.40. The van der Waals surface area contributed by atoms with Crippen molar-refractivity contribution in [1.82, 2.24) is 10.6 Å². The first-order valence-corrected chi connectivity index (χ1v) is 9.27. The molecule has 0 radical (unpaired) electrons. The third kappa shape index (κ3) is 5.05. The summed E-state index contributed by atoms with van der Waals surface area (Å²) in [5, 5.41) is 8.78. The number of rotatable bonds is 8. The lowest BCUT2D eigenvalue weighted by atomic mass is 10.1. The Morgan fingerprint density at radius 2 is 1.81 bits per heavy atom. The van der Waals surface area contributed by atoms with Gasteiger partial charge in [0.05, 0.1) is 21.3 Å². The molecule has 1 aromatic heterocycles. The van der Waals surface area contributed by atoms with E-state index < -0.39 is 0 Å². The molecule has 1 atom stereocenters. The van der Waals surface area contributed by atoms with Crippen LogP contribution in [0.5, 0.6) is 17.2 Å². The predicted octanol–water partition coefficient (Wildman–Crippen LogP) is 3.24. The number of hydrogen-bond donors (Lipinski definition) is 2. The minimum absolute atomic E-state index is 0.426. The lowest BCUT2D eigenvalue weighted by Gasteiger charge is -2.17. The molecule has 1 aromatic carbocycles. The van der Waals surface area contributed by atoms with Gasteiger partial charge in [-0.15, -0.1) is 11.3 Å². The molecule has 0 aliphatic carbocycles. The SMILES string of the molecule is CN=C(NCc1cc(OC)c(OC)c(OC)c1)NCC(C)c1cccs1.